The maximum absolute atomic E-state index is 9.35. The Morgan fingerprint density at radius 2 is 1.87 bits per heavy atom. The van der Waals surface area contributed by atoms with Crippen LogP contribution in [0.3, 0.4) is 0 Å². The van der Waals surface area contributed by atoms with Gasteiger partial charge in [0.2, 0.25) is 0 Å². The summed E-state index contributed by atoms with van der Waals surface area (Å²) >= 11 is 0. The summed E-state index contributed by atoms with van der Waals surface area (Å²) in [5, 5.41) is 9.35. The van der Waals surface area contributed by atoms with Crippen LogP contribution in [0.2, 0.25) is 0 Å². The van der Waals surface area contributed by atoms with Crippen LogP contribution in [0.25, 0.3) is 0 Å². The van der Waals surface area contributed by atoms with Crippen molar-refractivity contribution in [3.8, 4) is 12.8 Å². The van der Waals surface area contributed by atoms with Crippen molar-refractivity contribution in [2.24, 2.45) is 11.3 Å². The molecule has 2 fully saturated rings. The van der Waals surface area contributed by atoms with Gasteiger partial charge >= 0.3 is 0 Å². The predicted octanol–water partition coefficient (Wildman–Crippen LogP) is 6.00. The Kier molecular flexibility index (Phi) is 9.41. The van der Waals surface area contributed by atoms with Crippen molar-refractivity contribution in [1.82, 2.24) is 9.80 Å². The first-order chi connectivity index (χ1) is 14.8. The highest BCUT2D eigenvalue weighted by Gasteiger charge is 2.42. The van der Waals surface area contributed by atoms with Crippen LogP contribution < -0.4 is 0 Å². The van der Waals surface area contributed by atoms with Gasteiger partial charge in [-0.3, -0.25) is 9.80 Å². The van der Waals surface area contributed by atoms with E-state index in [1.807, 2.05) is 6.08 Å². The van der Waals surface area contributed by atoms with Gasteiger partial charge in [0, 0.05) is 38.8 Å². The Morgan fingerprint density at radius 1 is 1.19 bits per heavy atom. The van der Waals surface area contributed by atoms with Crippen LogP contribution in [-0.4, -0.2) is 47.1 Å². The van der Waals surface area contributed by atoms with Crippen LogP contribution in [0, 0.1) is 24.2 Å². The van der Waals surface area contributed by atoms with E-state index in [2.05, 4.69) is 80.7 Å². The van der Waals surface area contributed by atoms with Crippen LogP contribution in [0.1, 0.15) is 64.5 Å². The van der Waals surface area contributed by atoms with Crippen molar-refractivity contribution in [2.45, 2.75) is 66.0 Å². The number of fused-ring (bicyclic) bond motifs is 1. The molecule has 3 rings (SSSR count). The second-order valence-electron chi connectivity index (χ2n) is 9.98. The quantitative estimate of drug-likeness (QED) is 0.346. The van der Waals surface area contributed by atoms with Crippen molar-refractivity contribution in [2.75, 3.05) is 26.2 Å². The molecular formula is C28H42N2O. The third-order valence-electron chi connectivity index (χ3n) is 7.20. The Bertz CT molecular complexity index is 757. The van der Waals surface area contributed by atoms with Gasteiger partial charge in [-0.1, -0.05) is 64.1 Å². The average Bonchev–Trinajstić information content (AvgIpc) is 2.74. The Labute approximate surface area is 190 Å². The maximum atomic E-state index is 9.35. The number of aliphatic hydroxyl groups excluding tert-OH is 1. The first-order valence-electron chi connectivity index (χ1n) is 11.7. The number of hydrogen-bond acceptors (Lipinski definition) is 3. The Balaban J connectivity index is 0.00000166. The number of terminal acetylenes is 1. The number of allylic oxidation sites excluding steroid dienone is 4. The van der Waals surface area contributed by atoms with Gasteiger partial charge in [-0.15, -0.1) is 12.8 Å². The molecule has 0 aliphatic carbocycles. The zero-order chi connectivity index (χ0) is 23.0. The molecule has 1 aromatic rings. The predicted molar refractivity (Wildman–Crippen MR) is 133 cm³/mol. The Morgan fingerprint density at radius 3 is 2.48 bits per heavy atom. The van der Waals surface area contributed by atoms with Crippen molar-refractivity contribution in [3.05, 3.63) is 59.4 Å². The third-order valence-corrected chi connectivity index (χ3v) is 7.20. The van der Waals surface area contributed by atoms with Gasteiger partial charge in [0.15, 0.2) is 0 Å². The second kappa shape index (κ2) is 11.6. The number of nitrogens with zero attached hydrogens (tertiary/aromatic N) is 2. The van der Waals surface area contributed by atoms with Gasteiger partial charge < -0.3 is 5.11 Å². The highest BCUT2D eigenvalue weighted by atomic mass is 16.3. The molecule has 2 saturated heterocycles. The fraction of sp³-hybridized carbons (Fsp3) is 0.571. The number of aliphatic hydroxyl groups is 1. The summed E-state index contributed by atoms with van der Waals surface area (Å²) in [6.45, 7) is 16.9. The number of rotatable bonds is 6. The molecule has 0 spiro atoms. The largest absolute Gasteiger partial charge is 0.513 e. The van der Waals surface area contributed by atoms with E-state index in [0.717, 1.165) is 13.0 Å². The molecule has 3 heteroatoms. The minimum absolute atomic E-state index is 0.330. The SMILES string of the molecule is C#C.C/C(O)=C\C=C/C[C@]1(C)CC2CN(Cc3ccc(C(C)C)cc3)CCN2CC1C. The van der Waals surface area contributed by atoms with E-state index in [1.165, 1.54) is 43.7 Å². The first-order valence-corrected chi connectivity index (χ1v) is 11.7. The molecule has 3 atom stereocenters. The molecular weight excluding hydrogens is 380 g/mol. The summed E-state index contributed by atoms with van der Waals surface area (Å²) < 4.78 is 0. The van der Waals surface area contributed by atoms with E-state index in [-0.39, 0.29) is 0 Å². The molecule has 2 aliphatic heterocycles. The molecule has 2 unspecified atom stereocenters. The van der Waals surface area contributed by atoms with Crippen LogP contribution in [-0.2, 0) is 6.54 Å². The normalized spacial score (nSPS) is 27.7. The number of benzene rings is 1. The van der Waals surface area contributed by atoms with Crippen LogP contribution in [0.15, 0.2) is 48.3 Å². The number of piperazine rings is 1. The molecule has 2 heterocycles. The molecule has 0 radical (unpaired) electrons. The second-order valence-corrected chi connectivity index (χ2v) is 9.98. The van der Waals surface area contributed by atoms with E-state index >= 15 is 0 Å². The van der Waals surface area contributed by atoms with Gasteiger partial charge in [-0.25, -0.2) is 0 Å². The topological polar surface area (TPSA) is 26.7 Å². The van der Waals surface area contributed by atoms with Crippen molar-refractivity contribution in [1.29, 1.82) is 0 Å². The van der Waals surface area contributed by atoms with E-state index < -0.39 is 0 Å². The van der Waals surface area contributed by atoms with Gasteiger partial charge in [-0.05, 0) is 54.2 Å². The summed E-state index contributed by atoms with van der Waals surface area (Å²) in [7, 11) is 0. The zero-order valence-corrected chi connectivity index (χ0v) is 20.2. The number of hydrogen-bond donors (Lipinski definition) is 1. The summed E-state index contributed by atoms with van der Waals surface area (Å²) in [5.41, 5.74) is 3.19. The van der Waals surface area contributed by atoms with E-state index in [4.69, 9.17) is 0 Å². The smallest absolute Gasteiger partial charge is 0.0891 e. The number of piperidine rings is 1. The van der Waals surface area contributed by atoms with Gasteiger partial charge in [0.05, 0.1) is 5.76 Å². The summed E-state index contributed by atoms with van der Waals surface area (Å²) in [4.78, 5) is 5.38. The van der Waals surface area contributed by atoms with Gasteiger partial charge in [-0.2, -0.15) is 0 Å². The summed E-state index contributed by atoms with van der Waals surface area (Å²) in [6, 6.07) is 9.88. The molecule has 1 N–H and O–H groups in total. The highest BCUT2D eigenvalue weighted by molar-refractivity contribution is 5.24. The molecule has 0 aromatic heterocycles. The van der Waals surface area contributed by atoms with Gasteiger partial charge in [0.25, 0.3) is 0 Å². The van der Waals surface area contributed by atoms with E-state index in [1.54, 1.807) is 13.0 Å². The minimum atomic E-state index is 0.330. The minimum Gasteiger partial charge on any atom is -0.513 e. The first kappa shape index (κ1) is 25.2. The maximum Gasteiger partial charge on any atom is 0.0891 e. The monoisotopic (exact) mass is 422 g/mol. The molecule has 0 bridgehead atoms. The van der Waals surface area contributed by atoms with E-state index in [9.17, 15) is 5.11 Å². The van der Waals surface area contributed by atoms with Crippen molar-refractivity contribution >= 4 is 0 Å². The lowest BCUT2D eigenvalue weighted by molar-refractivity contribution is -0.0330. The molecule has 2 aliphatic rings. The molecule has 31 heavy (non-hydrogen) atoms. The fourth-order valence-electron chi connectivity index (χ4n) is 4.94. The molecule has 0 saturated carbocycles. The van der Waals surface area contributed by atoms with Crippen LogP contribution >= 0.6 is 0 Å². The summed E-state index contributed by atoms with van der Waals surface area (Å²) in [5.74, 6) is 1.66. The lowest BCUT2D eigenvalue weighted by Crippen LogP contribution is -2.59. The average molecular weight is 423 g/mol. The highest BCUT2D eigenvalue weighted by Crippen LogP contribution is 2.43. The molecule has 170 valence electrons. The molecule has 1 aromatic carbocycles. The standard InChI is InChI=1S/C26H40N2O.C2H2/c1-20(2)24-11-9-23(10-12-24)18-27-14-15-28-17-21(3)26(5,16-25(28)19-27)13-7-6-8-22(4)29;1-2/h6-12,20-21,25,29H,13-19H2,1-5H3;1-2H/b7-6-,22-8+;/t21?,25?,26-;/m1./s1. The lowest BCUT2D eigenvalue weighted by atomic mass is 9.67. The van der Waals surface area contributed by atoms with E-state index in [0.29, 0.717) is 29.1 Å². The van der Waals surface area contributed by atoms with Crippen LogP contribution in [0.4, 0.5) is 0 Å². The van der Waals surface area contributed by atoms with Crippen LogP contribution in [0.5, 0.6) is 0 Å². The van der Waals surface area contributed by atoms with Gasteiger partial charge in [0.1, 0.15) is 0 Å². The zero-order valence-electron chi connectivity index (χ0n) is 20.2. The van der Waals surface area contributed by atoms with Crippen molar-refractivity contribution < 1.29 is 5.11 Å². The Hall–Kier alpha value is -2.02. The fourth-order valence-corrected chi connectivity index (χ4v) is 4.94. The molecule has 3 nitrogen and oxygen atoms in total. The van der Waals surface area contributed by atoms with Crippen molar-refractivity contribution in [3.63, 3.8) is 0 Å². The third kappa shape index (κ3) is 6.99. The molecule has 0 amide bonds. The summed E-state index contributed by atoms with van der Waals surface area (Å²) in [6.07, 6.45) is 16.4. The lowest BCUT2D eigenvalue weighted by Gasteiger charge is -2.53.